The van der Waals surface area contributed by atoms with Crippen molar-refractivity contribution in [1.82, 2.24) is 5.32 Å². The third-order valence-electron chi connectivity index (χ3n) is 5.94. The van der Waals surface area contributed by atoms with E-state index in [0.29, 0.717) is 29.8 Å². The molecule has 1 saturated heterocycles. The number of nitrogens with two attached hydrogens (primary N) is 1. The summed E-state index contributed by atoms with van der Waals surface area (Å²) in [6, 6.07) is 6.70. The van der Waals surface area contributed by atoms with Crippen LogP contribution < -0.4 is 16.0 Å². The molecular weight excluding hydrogens is 361 g/mol. The van der Waals surface area contributed by atoms with Crippen LogP contribution in [0.2, 0.25) is 5.02 Å². The molecule has 1 aromatic carbocycles. The molecule has 0 radical (unpaired) electrons. The Bertz CT molecular complexity index is 665. The van der Waals surface area contributed by atoms with Crippen LogP contribution in [-0.2, 0) is 9.59 Å². The van der Waals surface area contributed by atoms with E-state index < -0.39 is 6.04 Å². The van der Waals surface area contributed by atoms with Crippen molar-refractivity contribution in [3.63, 3.8) is 0 Å². The Kier molecular flexibility index (Phi) is 5.28. The highest BCUT2D eigenvalue weighted by Gasteiger charge is 2.49. The lowest BCUT2D eigenvalue weighted by Gasteiger charge is -2.28. The van der Waals surface area contributed by atoms with Gasteiger partial charge in [-0.15, -0.1) is 12.4 Å². The molecular formula is C18H23Cl2N3O2. The molecule has 5 atom stereocenters. The van der Waals surface area contributed by atoms with Gasteiger partial charge in [0, 0.05) is 23.3 Å². The Morgan fingerprint density at radius 3 is 2.48 bits per heavy atom. The van der Waals surface area contributed by atoms with Crippen molar-refractivity contribution in [2.45, 2.75) is 37.8 Å². The van der Waals surface area contributed by atoms with Gasteiger partial charge in [0.1, 0.15) is 6.04 Å². The number of hydrogen-bond donors (Lipinski definition) is 2. The van der Waals surface area contributed by atoms with Gasteiger partial charge in [0.15, 0.2) is 0 Å². The van der Waals surface area contributed by atoms with Crippen molar-refractivity contribution in [3.8, 4) is 0 Å². The van der Waals surface area contributed by atoms with Gasteiger partial charge in [0.05, 0.1) is 5.92 Å². The maximum Gasteiger partial charge on any atom is 0.249 e. The molecule has 5 unspecified atom stereocenters. The van der Waals surface area contributed by atoms with Gasteiger partial charge in [-0.1, -0.05) is 11.6 Å². The summed E-state index contributed by atoms with van der Waals surface area (Å²) >= 11 is 5.90. The van der Waals surface area contributed by atoms with Crippen molar-refractivity contribution in [2.75, 3.05) is 11.4 Å². The Morgan fingerprint density at radius 2 is 1.84 bits per heavy atom. The number of benzene rings is 1. The Hall–Kier alpha value is -1.30. The highest BCUT2D eigenvalue weighted by molar-refractivity contribution is 6.30. The fourth-order valence-corrected chi connectivity index (χ4v) is 4.81. The number of anilines is 1. The Labute approximate surface area is 158 Å². The van der Waals surface area contributed by atoms with Crippen LogP contribution in [0.15, 0.2) is 24.3 Å². The van der Waals surface area contributed by atoms with Crippen LogP contribution in [0.4, 0.5) is 5.69 Å². The number of hydrogen-bond acceptors (Lipinski definition) is 3. The summed E-state index contributed by atoms with van der Waals surface area (Å²) in [5.41, 5.74) is 7.06. The molecule has 3 fully saturated rings. The zero-order valence-electron chi connectivity index (χ0n) is 13.9. The molecule has 2 amide bonds. The lowest BCUT2D eigenvalue weighted by Crippen LogP contribution is -2.50. The fourth-order valence-electron chi connectivity index (χ4n) is 4.68. The summed E-state index contributed by atoms with van der Waals surface area (Å²) in [7, 11) is 0. The first-order chi connectivity index (χ1) is 11.5. The van der Waals surface area contributed by atoms with Crippen molar-refractivity contribution >= 4 is 41.5 Å². The van der Waals surface area contributed by atoms with Crippen LogP contribution in [-0.4, -0.2) is 30.4 Å². The Balaban J connectivity index is 0.00000182. The number of fused-ring (bicyclic) bond motifs is 2. The first-order valence-corrected chi connectivity index (χ1v) is 9.05. The van der Waals surface area contributed by atoms with Crippen LogP contribution >= 0.6 is 24.0 Å². The van der Waals surface area contributed by atoms with Gasteiger partial charge in [-0.25, -0.2) is 0 Å². The summed E-state index contributed by atoms with van der Waals surface area (Å²) in [5.74, 6) is 0.666. The third-order valence-corrected chi connectivity index (χ3v) is 6.20. The van der Waals surface area contributed by atoms with Gasteiger partial charge in [-0.05, 0) is 61.8 Å². The average Bonchev–Trinajstić information content (AvgIpc) is 3.24. The second-order valence-electron chi connectivity index (χ2n) is 7.25. The highest BCUT2D eigenvalue weighted by Crippen LogP contribution is 2.47. The number of rotatable bonds is 3. The number of nitrogens with one attached hydrogen (secondary N) is 1. The van der Waals surface area contributed by atoms with Crippen LogP contribution in [0, 0.1) is 17.8 Å². The summed E-state index contributed by atoms with van der Waals surface area (Å²) in [4.78, 5) is 27.0. The van der Waals surface area contributed by atoms with E-state index in [9.17, 15) is 9.59 Å². The predicted molar refractivity (Wildman–Crippen MR) is 99.9 cm³/mol. The second-order valence-corrected chi connectivity index (χ2v) is 7.69. The molecule has 3 aliphatic rings. The van der Waals surface area contributed by atoms with Gasteiger partial charge in [0.25, 0.3) is 0 Å². The van der Waals surface area contributed by atoms with E-state index >= 15 is 0 Å². The van der Waals surface area contributed by atoms with Gasteiger partial charge in [-0.3, -0.25) is 9.59 Å². The lowest BCUT2D eigenvalue weighted by molar-refractivity contribution is -0.130. The minimum atomic E-state index is -0.445. The molecule has 1 aromatic rings. The first-order valence-electron chi connectivity index (χ1n) is 8.67. The molecule has 4 rings (SSSR count). The van der Waals surface area contributed by atoms with E-state index in [-0.39, 0.29) is 36.2 Å². The number of carbonyl (C=O) groups excluding carboxylic acids is 2. The summed E-state index contributed by atoms with van der Waals surface area (Å²) < 4.78 is 0. The lowest BCUT2D eigenvalue weighted by atomic mass is 9.84. The summed E-state index contributed by atoms with van der Waals surface area (Å²) in [5, 5.41) is 3.60. The molecule has 2 saturated carbocycles. The fraction of sp³-hybridized carbons (Fsp3) is 0.556. The van der Waals surface area contributed by atoms with Crippen LogP contribution in [0.5, 0.6) is 0 Å². The maximum absolute atomic E-state index is 12.7. The molecule has 5 nitrogen and oxygen atoms in total. The molecule has 1 heterocycles. The number of halogens is 2. The van der Waals surface area contributed by atoms with Crippen molar-refractivity contribution in [2.24, 2.45) is 23.5 Å². The topological polar surface area (TPSA) is 75.4 Å². The largest absolute Gasteiger partial charge is 0.344 e. The van der Waals surface area contributed by atoms with Gasteiger partial charge in [0.2, 0.25) is 11.8 Å². The molecule has 3 N–H and O–H groups in total. The average molecular weight is 384 g/mol. The summed E-state index contributed by atoms with van der Waals surface area (Å²) in [6.07, 6.45) is 3.92. The maximum atomic E-state index is 12.7. The minimum absolute atomic E-state index is 0. The predicted octanol–water partition coefficient (Wildman–Crippen LogP) is 2.36. The Morgan fingerprint density at radius 1 is 1.16 bits per heavy atom. The molecule has 0 spiro atoms. The van der Waals surface area contributed by atoms with Crippen molar-refractivity contribution in [3.05, 3.63) is 29.3 Å². The van der Waals surface area contributed by atoms with E-state index in [4.69, 9.17) is 17.3 Å². The normalized spacial score (nSPS) is 33.4. The van der Waals surface area contributed by atoms with E-state index in [2.05, 4.69) is 5.32 Å². The number of carbonyl (C=O) groups is 2. The standard InChI is InChI=1S/C18H22ClN3O2.ClH/c19-12-3-5-13(6-4-12)22-8-7-14(18(22)24)21-17(23)15-10-1-2-11(9-10)16(15)20;/h3-6,10-11,14-16H,1-2,7-9,20H2,(H,21,23);1H. The van der Waals surface area contributed by atoms with E-state index in [1.807, 2.05) is 12.1 Å². The molecule has 2 bridgehead atoms. The van der Waals surface area contributed by atoms with Crippen LogP contribution in [0.3, 0.4) is 0 Å². The quantitative estimate of drug-likeness (QED) is 0.840. The monoisotopic (exact) mass is 383 g/mol. The van der Waals surface area contributed by atoms with E-state index in [1.54, 1.807) is 17.0 Å². The SMILES string of the molecule is Cl.NC1C2CCC(C2)C1C(=O)NC1CCN(c2ccc(Cl)cc2)C1=O. The highest BCUT2D eigenvalue weighted by atomic mass is 35.5. The third kappa shape index (κ3) is 3.25. The minimum Gasteiger partial charge on any atom is -0.344 e. The van der Waals surface area contributed by atoms with Gasteiger partial charge in [-0.2, -0.15) is 0 Å². The smallest absolute Gasteiger partial charge is 0.249 e. The molecule has 1 aliphatic heterocycles. The molecule has 0 aromatic heterocycles. The van der Waals surface area contributed by atoms with E-state index in [1.165, 1.54) is 0 Å². The summed E-state index contributed by atoms with van der Waals surface area (Å²) in [6.45, 7) is 0.605. The molecule has 25 heavy (non-hydrogen) atoms. The molecule has 7 heteroatoms. The molecule has 2 aliphatic carbocycles. The second kappa shape index (κ2) is 7.14. The van der Waals surface area contributed by atoms with Crippen molar-refractivity contribution < 1.29 is 9.59 Å². The molecule has 136 valence electrons. The number of nitrogens with zero attached hydrogens (tertiary/aromatic N) is 1. The number of amides is 2. The van der Waals surface area contributed by atoms with Gasteiger partial charge >= 0.3 is 0 Å². The van der Waals surface area contributed by atoms with Gasteiger partial charge < -0.3 is 16.0 Å². The zero-order chi connectivity index (χ0) is 16.8. The first kappa shape index (κ1) is 18.5. The van der Waals surface area contributed by atoms with E-state index in [0.717, 1.165) is 24.9 Å². The van der Waals surface area contributed by atoms with Crippen molar-refractivity contribution in [1.29, 1.82) is 0 Å². The van der Waals surface area contributed by atoms with Crippen LogP contribution in [0.1, 0.15) is 25.7 Å². The van der Waals surface area contributed by atoms with Crippen LogP contribution in [0.25, 0.3) is 0 Å². The zero-order valence-corrected chi connectivity index (χ0v) is 15.4.